The van der Waals surface area contributed by atoms with E-state index in [4.69, 9.17) is 4.74 Å². The lowest BCUT2D eigenvalue weighted by Crippen LogP contribution is -2.46. The molecule has 1 heterocycles. The standard InChI is InChI=1S/C14H21NO3S/c1-12-10-15(11-13(2)18-12)8-9-19(16,17)14-6-4-3-5-7-14/h3-7,12-13H,8-11H2,1-2H3. The lowest BCUT2D eigenvalue weighted by atomic mass is 10.2. The SMILES string of the molecule is CC1CN(CCS(=O)(=O)c2ccccc2)CC(C)O1. The monoisotopic (exact) mass is 283 g/mol. The molecule has 1 saturated heterocycles. The summed E-state index contributed by atoms with van der Waals surface area (Å²) in [4.78, 5) is 2.57. The van der Waals surface area contributed by atoms with Crippen molar-refractivity contribution in [3.05, 3.63) is 30.3 Å². The van der Waals surface area contributed by atoms with Crippen LogP contribution in [0.15, 0.2) is 35.2 Å². The summed E-state index contributed by atoms with van der Waals surface area (Å²) in [7, 11) is -3.18. The second-order valence-electron chi connectivity index (χ2n) is 5.15. The molecule has 106 valence electrons. The largest absolute Gasteiger partial charge is 0.373 e. The molecule has 2 atom stereocenters. The van der Waals surface area contributed by atoms with E-state index < -0.39 is 9.84 Å². The lowest BCUT2D eigenvalue weighted by molar-refractivity contribution is -0.0662. The summed E-state index contributed by atoms with van der Waals surface area (Å²) in [6, 6.07) is 8.64. The molecule has 0 N–H and O–H groups in total. The molecular formula is C14H21NO3S. The van der Waals surface area contributed by atoms with Crippen molar-refractivity contribution in [1.29, 1.82) is 0 Å². The zero-order chi connectivity index (χ0) is 13.9. The van der Waals surface area contributed by atoms with Gasteiger partial charge in [-0.25, -0.2) is 8.42 Å². The maximum Gasteiger partial charge on any atom is 0.179 e. The molecule has 0 amide bonds. The molecular weight excluding hydrogens is 262 g/mol. The highest BCUT2D eigenvalue weighted by molar-refractivity contribution is 7.91. The Bertz CT molecular complexity index is 491. The highest BCUT2D eigenvalue weighted by atomic mass is 32.2. The van der Waals surface area contributed by atoms with Crippen LogP contribution in [0.5, 0.6) is 0 Å². The predicted octanol–water partition coefficient (Wildman–Crippen LogP) is 1.57. The number of morpholine rings is 1. The van der Waals surface area contributed by atoms with Gasteiger partial charge in [0.2, 0.25) is 0 Å². The molecule has 1 fully saturated rings. The van der Waals surface area contributed by atoms with Crippen LogP contribution in [0.1, 0.15) is 13.8 Å². The Hall–Kier alpha value is -0.910. The van der Waals surface area contributed by atoms with Gasteiger partial charge in [-0.05, 0) is 26.0 Å². The van der Waals surface area contributed by atoms with E-state index in [-0.39, 0.29) is 18.0 Å². The van der Waals surface area contributed by atoms with Crippen LogP contribution in [-0.2, 0) is 14.6 Å². The molecule has 1 aliphatic rings. The minimum atomic E-state index is -3.18. The number of ether oxygens (including phenoxy) is 1. The fourth-order valence-electron chi connectivity index (χ4n) is 2.46. The van der Waals surface area contributed by atoms with Gasteiger partial charge in [0.15, 0.2) is 9.84 Å². The molecule has 0 aromatic heterocycles. The molecule has 1 aliphatic heterocycles. The minimum Gasteiger partial charge on any atom is -0.373 e. The Kier molecular flexibility index (Phi) is 4.60. The third kappa shape index (κ3) is 4.03. The first-order chi connectivity index (χ1) is 8.97. The molecule has 2 unspecified atom stereocenters. The normalized spacial score (nSPS) is 25.4. The van der Waals surface area contributed by atoms with Crippen LogP contribution < -0.4 is 0 Å². The summed E-state index contributed by atoms with van der Waals surface area (Å²) >= 11 is 0. The fraction of sp³-hybridized carbons (Fsp3) is 0.571. The van der Waals surface area contributed by atoms with Crippen molar-refractivity contribution < 1.29 is 13.2 Å². The molecule has 0 saturated carbocycles. The Balaban J connectivity index is 1.95. The quantitative estimate of drug-likeness (QED) is 0.841. The van der Waals surface area contributed by atoms with Crippen molar-refractivity contribution in [1.82, 2.24) is 4.90 Å². The number of rotatable bonds is 4. The van der Waals surface area contributed by atoms with Crippen molar-refractivity contribution in [2.24, 2.45) is 0 Å². The van der Waals surface area contributed by atoms with Crippen LogP contribution in [-0.4, -0.2) is 50.9 Å². The van der Waals surface area contributed by atoms with E-state index in [0.717, 1.165) is 13.1 Å². The third-order valence-corrected chi connectivity index (χ3v) is 4.98. The van der Waals surface area contributed by atoms with Crippen LogP contribution in [0, 0.1) is 0 Å². The Morgan fingerprint density at radius 3 is 2.32 bits per heavy atom. The van der Waals surface area contributed by atoms with Gasteiger partial charge in [0.25, 0.3) is 0 Å². The Morgan fingerprint density at radius 2 is 1.74 bits per heavy atom. The van der Waals surface area contributed by atoms with Crippen molar-refractivity contribution in [3.8, 4) is 0 Å². The van der Waals surface area contributed by atoms with Gasteiger partial charge in [-0.15, -0.1) is 0 Å². The van der Waals surface area contributed by atoms with Gasteiger partial charge in [-0.2, -0.15) is 0 Å². The second-order valence-corrected chi connectivity index (χ2v) is 7.26. The van der Waals surface area contributed by atoms with Gasteiger partial charge in [0, 0.05) is 19.6 Å². The predicted molar refractivity (Wildman–Crippen MR) is 74.9 cm³/mol. The molecule has 0 radical (unpaired) electrons. The van der Waals surface area contributed by atoms with Crippen molar-refractivity contribution >= 4 is 9.84 Å². The first-order valence-electron chi connectivity index (χ1n) is 6.63. The van der Waals surface area contributed by atoms with Gasteiger partial charge >= 0.3 is 0 Å². The average molecular weight is 283 g/mol. The number of benzene rings is 1. The minimum absolute atomic E-state index is 0.163. The Labute approximate surface area is 115 Å². The van der Waals surface area contributed by atoms with Crippen LogP contribution in [0.25, 0.3) is 0 Å². The number of sulfone groups is 1. The highest BCUT2D eigenvalue weighted by Gasteiger charge is 2.24. The number of hydrogen-bond donors (Lipinski definition) is 0. The summed E-state index contributed by atoms with van der Waals surface area (Å²) in [6.07, 6.45) is 0.339. The molecule has 1 aromatic rings. The highest BCUT2D eigenvalue weighted by Crippen LogP contribution is 2.13. The van der Waals surface area contributed by atoms with E-state index in [1.165, 1.54) is 0 Å². The number of nitrogens with zero attached hydrogens (tertiary/aromatic N) is 1. The van der Waals surface area contributed by atoms with E-state index in [1.54, 1.807) is 24.3 Å². The molecule has 19 heavy (non-hydrogen) atoms. The van der Waals surface area contributed by atoms with Gasteiger partial charge in [0.1, 0.15) is 0 Å². The zero-order valence-corrected chi connectivity index (χ0v) is 12.3. The summed E-state index contributed by atoms with van der Waals surface area (Å²) in [6.45, 7) is 6.21. The molecule has 0 bridgehead atoms. The molecule has 2 rings (SSSR count). The molecule has 1 aromatic carbocycles. The third-order valence-electron chi connectivity index (χ3n) is 3.27. The topological polar surface area (TPSA) is 46.6 Å². The van der Waals surface area contributed by atoms with Gasteiger partial charge in [-0.1, -0.05) is 18.2 Å². The maximum atomic E-state index is 12.2. The molecule has 0 spiro atoms. The van der Waals surface area contributed by atoms with E-state index >= 15 is 0 Å². The van der Waals surface area contributed by atoms with Gasteiger partial charge < -0.3 is 4.74 Å². The summed E-state index contributed by atoms with van der Waals surface area (Å²) < 4.78 is 30.0. The van der Waals surface area contributed by atoms with Gasteiger partial charge in [-0.3, -0.25) is 4.90 Å². The maximum absolute atomic E-state index is 12.2. The smallest absolute Gasteiger partial charge is 0.179 e. The second kappa shape index (κ2) is 6.03. The number of hydrogen-bond acceptors (Lipinski definition) is 4. The first-order valence-corrected chi connectivity index (χ1v) is 8.28. The van der Waals surface area contributed by atoms with Crippen LogP contribution >= 0.6 is 0 Å². The van der Waals surface area contributed by atoms with Crippen molar-refractivity contribution in [2.45, 2.75) is 31.0 Å². The lowest BCUT2D eigenvalue weighted by Gasteiger charge is -2.35. The zero-order valence-electron chi connectivity index (χ0n) is 11.5. The van der Waals surface area contributed by atoms with Crippen LogP contribution in [0.3, 0.4) is 0 Å². The van der Waals surface area contributed by atoms with Crippen LogP contribution in [0.2, 0.25) is 0 Å². The Morgan fingerprint density at radius 1 is 1.16 bits per heavy atom. The van der Waals surface area contributed by atoms with Crippen molar-refractivity contribution in [3.63, 3.8) is 0 Å². The van der Waals surface area contributed by atoms with E-state index in [2.05, 4.69) is 4.90 Å². The average Bonchev–Trinajstić information content (AvgIpc) is 2.37. The van der Waals surface area contributed by atoms with E-state index in [1.807, 2.05) is 19.9 Å². The van der Waals surface area contributed by atoms with E-state index in [9.17, 15) is 8.42 Å². The van der Waals surface area contributed by atoms with Crippen LogP contribution in [0.4, 0.5) is 0 Å². The van der Waals surface area contributed by atoms with Gasteiger partial charge in [0.05, 0.1) is 22.9 Å². The van der Waals surface area contributed by atoms with Crippen molar-refractivity contribution in [2.75, 3.05) is 25.4 Å². The fourth-order valence-corrected chi connectivity index (χ4v) is 3.77. The first kappa shape index (κ1) is 14.5. The summed E-state index contributed by atoms with van der Waals surface area (Å²) in [5, 5.41) is 0. The molecule has 4 nitrogen and oxygen atoms in total. The molecule has 0 aliphatic carbocycles. The van der Waals surface area contributed by atoms with E-state index in [0.29, 0.717) is 11.4 Å². The summed E-state index contributed by atoms with van der Waals surface area (Å²) in [5.41, 5.74) is 0. The molecule has 5 heteroatoms. The summed E-state index contributed by atoms with van der Waals surface area (Å²) in [5.74, 6) is 0.163.